The molecule has 4 rings (SSSR count). The van der Waals surface area contributed by atoms with Crippen molar-refractivity contribution in [2.24, 2.45) is 0 Å². The first-order valence-electron chi connectivity index (χ1n) is 10.2. The Labute approximate surface area is 189 Å². The fraction of sp³-hybridized carbons (Fsp3) is 0.217. The van der Waals surface area contributed by atoms with E-state index >= 15 is 0 Å². The van der Waals surface area contributed by atoms with Gasteiger partial charge in [-0.25, -0.2) is 9.67 Å². The van der Waals surface area contributed by atoms with E-state index in [1.54, 1.807) is 16.6 Å². The van der Waals surface area contributed by atoms with Gasteiger partial charge in [0.2, 0.25) is 5.91 Å². The van der Waals surface area contributed by atoms with Crippen molar-refractivity contribution in [1.82, 2.24) is 24.6 Å². The molecular formula is C23H23N5O3S. The molecule has 2 aromatic carbocycles. The molecule has 9 heteroatoms. The van der Waals surface area contributed by atoms with Crippen LogP contribution in [0.3, 0.4) is 0 Å². The molecule has 0 atom stereocenters. The Hall–Kier alpha value is -3.59. The van der Waals surface area contributed by atoms with Crippen LogP contribution in [-0.4, -0.2) is 50.0 Å². The second-order valence-electron chi connectivity index (χ2n) is 7.12. The standard InChI is InChI=1S/C23H23N5O3S/c1-3-31-18-11-9-16(10-12-18)14-27(2)20(29)15-32-23-25-21-19(22(30)26-23)13-24-28(21)17-7-5-4-6-8-17/h4-13H,3,14-15H2,1-2H3,(H,25,26,30). The Morgan fingerprint density at radius 1 is 1.16 bits per heavy atom. The number of H-pyrrole nitrogens is 1. The summed E-state index contributed by atoms with van der Waals surface area (Å²) in [4.78, 5) is 34.0. The topological polar surface area (TPSA) is 93.1 Å². The minimum Gasteiger partial charge on any atom is -0.494 e. The van der Waals surface area contributed by atoms with E-state index < -0.39 is 0 Å². The Morgan fingerprint density at radius 3 is 2.62 bits per heavy atom. The molecule has 4 aromatic rings. The molecule has 2 aromatic heterocycles. The smallest absolute Gasteiger partial charge is 0.262 e. The summed E-state index contributed by atoms with van der Waals surface area (Å²) in [5, 5.41) is 5.07. The van der Waals surface area contributed by atoms with Crippen LogP contribution < -0.4 is 10.3 Å². The van der Waals surface area contributed by atoms with Crippen LogP contribution >= 0.6 is 11.8 Å². The summed E-state index contributed by atoms with van der Waals surface area (Å²) in [6.07, 6.45) is 1.50. The molecule has 8 nitrogen and oxygen atoms in total. The van der Waals surface area contributed by atoms with E-state index in [4.69, 9.17) is 4.74 Å². The van der Waals surface area contributed by atoms with E-state index in [1.807, 2.05) is 61.5 Å². The Kier molecular flexibility index (Phi) is 6.55. The third-order valence-corrected chi connectivity index (χ3v) is 5.69. The van der Waals surface area contributed by atoms with Crippen LogP contribution in [0.5, 0.6) is 5.75 Å². The van der Waals surface area contributed by atoms with Gasteiger partial charge in [0, 0.05) is 13.6 Å². The van der Waals surface area contributed by atoms with Crippen molar-refractivity contribution in [3.63, 3.8) is 0 Å². The quantitative estimate of drug-likeness (QED) is 0.328. The summed E-state index contributed by atoms with van der Waals surface area (Å²) in [6, 6.07) is 17.2. The minimum atomic E-state index is -0.283. The number of aromatic nitrogens is 4. The van der Waals surface area contributed by atoms with Crippen LogP contribution in [0, 0.1) is 0 Å². The lowest BCUT2D eigenvalue weighted by atomic mass is 10.2. The molecule has 1 amide bonds. The number of amides is 1. The highest BCUT2D eigenvalue weighted by Crippen LogP contribution is 2.19. The van der Waals surface area contributed by atoms with Gasteiger partial charge >= 0.3 is 0 Å². The predicted octanol–water partition coefficient (Wildman–Crippen LogP) is 3.26. The molecule has 0 bridgehead atoms. The number of rotatable bonds is 8. The lowest BCUT2D eigenvalue weighted by Gasteiger charge is -2.17. The minimum absolute atomic E-state index is 0.0665. The predicted molar refractivity (Wildman–Crippen MR) is 124 cm³/mol. The molecule has 0 unspecified atom stereocenters. The van der Waals surface area contributed by atoms with E-state index in [2.05, 4.69) is 15.1 Å². The SMILES string of the molecule is CCOc1ccc(CN(C)C(=O)CSc2nc3c(cnn3-c3ccccc3)c(=O)[nH]2)cc1. The fourth-order valence-corrected chi connectivity index (χ4v) is 3.98. The van der Waals surface area contributed by atoms with E-state index in [0.29, 0.717) is 29.3 Å². The first-order valence-corrected chi connectivity index (χ1v) is 11.2. The van der Waals surface area contributed by atoms with Crippen molar-refractivity contribution in [1.29, 1.82) is 0 Å². The summed E-state index contributed by atoms with van der Waals surface area (Å²) in [7, 11) is 1.75. The van der Waals surface area contributed by atoms with Gasteiger partial charge in [-0.15, -0.1) is 0 Å². The number of nitrogens with zero attached hydrogens (tertiary/aromatic N) is 4. The number of thioether (sulfide) groups is 1. The number of benzene rings is 2. The van der Waals surface area contributed by atoms with E-state index in [-0.39, 0.29) is 17.2 Å². The molecule has 0 fully saturated rings. The normalized spacial score (nSPS) is 10.9. The number of carbonyl (C=O) groups excluding carboxylic acids is 1. The summed E-state index contributed by atoms with van der Waals surface area (Å²) in [5.74, 6) is 0.894. The Bertz CT molecular complexity index is 1270. The highest BCUT2D eigenvalue weighted by atomic mass is 32.2. The third-order valence-electron chi connectivity index (χ3n) is 4.83. The second kappa shape index (κ2) is 9.69. The number of hydrogen-bond donors (Lipinski definition) is 1. The van der Waals surface area contributed by atoms with Crippen molar-refractivity contribution in [3.8, 4) is 11.4 Å². The summed E-state index contributed by atoms with van der Waals surface area (Å²) >= 11 is 1.19. The van der Waals surface area contributed by atoms with Crippen molar-refractivity contribution >= 4 is 28.7 Å². The molecule has 0 saturated heterocycles. The fourth-order valence-electron chi connectivity index (χ4n) is 3.18. The molecule has 0 saturated carbocycles. The third kappa shape index (κ3) is 4.83. The Morgan fingerprint density at radius 2 is 1.91 bits per heavy atom. The van der Waals surface area contributed by atoms with Crippen LogP contribution in [0.1, 0.15) is 12.5 Å². The number of nitrogens with one attached hydrogen (secondary N) is 1. The van der Waals surface area contributed by atoms with Crippen LogP contribution in [0.15, 0.2) is 70.7 Å². The number of ether oxygens (including phenoxy) is 1. The van der Waals surface area contributed by atoms with Gasteiger partial charge in [-0.05, 0) is 36.8 Å². The molecule has 0 spiro atoms. The zero-order chi connectivity index (χ0) is 22.5. The van der Waals surface area contributed by atoms with Crippen molar-refractivity contribution < 1.29 is 9.53 Å². The number of fused-ring (bicyclic) bond motifs is 1. The van der Waals surface area contributed by atoms with Gasteiger partial charge in [-0.1, -0.05) is 42.1 Å². The lowest BCUT2D eigenvalue weighted by Crippen LogP contribution is -2.28. The van der Waals surface area contributed by atoms with Gasteiger partial charge in [-0.2, -0.15) is 5.10 Å². The number of para-hydroxylation sites is 1. The van der Waals surface area contributed by atoms with Crippen molar-refractivity contribution in [2.75, 3.05) is 19.4 Å². The number of aromatic amines is 1. The van der Waals surface area contributed by atoms with Crippen LogP contribution in [0.2, 0.25) is 0 Å². The monoisotopic (exact) mass is 449 g/mol. The van der Waals surface area contributed by atoms with Gasteiger partial charge in [-0.3, -0.25) is 9.59 Å². The van der Waals surface area contributed by atoms with Crippen LogP contribution in [0.4, 0.5) is 0 Å². The van der Waals surface area contributed by atoms with Gasteiger partial charge in [0.1, 0.15) is 11.1 Å². The van der Waals surface area contributed by atoms with Gasteiger partial charge in [0.15, 0.2) is 10.8 Å². The van der Waals surface area contributed by atoms with Gasteiger partial charge in [0.25, 0.3) is 5.56 Å². The molecule has 164 valence electrons. The summed E-state index contributed by atoms with van der Waals surface area (Å²) in [5.41, 5.74) is 1.99. The molecule has 32 heavy (non-hydrogen) atoms. The summed E-state index contributed by atoms with van der Waals surface area (Å²) < 4.78 is 7.07. The van der Waals surface area contributed by atoms with Crippen molar-refractivity contribution in [2.45, 2.75) is 18.6 Å². The Balaban J connectivity index is 1.44. The molecule has 0 aliphatic heterocycles. The molecule has 0 aliphatic rings. The zero-order valence-electron chi connectivity index (χ0n) is 17.8. The maximum Gasteiger partial charge on any atom is 0.262 e. The van der Waals surface area contributed by atoms with Crippen molar-refractivity contribution in [3.05, 3.63) is 76.7 Å². The lowest BCUT2D eigenvalue weighted by molar-refractivity contribution is -0.127. The molecular weight excluding hydrogens is 426 g/mol. The molecule has 1 N–H and O–H groups in total. The maximum atomic E-state index is 12.6. The largest absolute Gasteiger partial charge is 0.494 e. The average Bonchev–Trinajstić information content (AvgIpc) is 3.24. The second-order valence-corrected chi connectivity index (χ2v) is 8.08. The average molecular weight is 450 g/mol. The highest BCUT2D eigenvalue weighted by Gasteiger charge is 2.15. The van der Waals surface area contributed by atoms with Gasteiger partial charge < -0.3 is 14.6 Å². The zero-order valence-corrected chi connectivity index (χ0v) is 18.6. The first kappa shape index (κ1) is 21.6. The van der Waals surface area contributed by atoms with E-state index in [9.17, 15) is 9.59 Å². The van der Waals surface area contributed by atoms with E-state index in [0.717, 1.165) is 17.0 Å². The maximum absolute atomic E-state index is 12.6. The van der Waals surface area contributed by atoms with E-state index in [1.165, 1.54) is 18.0 Å². The molecule has 2 heterocycles. The molecule has 0 aliphatic carbocycles. The van der Waals surface area contributed by atoms with Crippen LogP contribution in [0.25, 0.3) is 16.7 Å². The van der Waals surface area contributed by atoms with Crippen LogP contribution in [-0.2, 0) is 11.3 Å². The number of hydrogen-bond acceptors (Lipinski definition) is 6. The van der Waals surface area contributed by atoms with Gasteiger partial charge in [0.05, 0.1) is 24.2 Å². The highest BCUT2D eigenvalue weighted by molar-refractivity contribution is 7.99. The number of carbonyl (C=O) groups is 1. The summed E-state index contributed by atoms with van der Waals surface area (Å²) in [6.45, 7) is 3.03. The first-order chi connectivity index (χ1) is 15.5. The molecule has 0 radical (unpaired) electrons.